The highest BCUT2D eigenvalue weighted by Crippen LogP contribution is 2.16. The van der Waals surface area contributed by atoms with Crippen LogP contribution in [-0.4, -0.2) is 29.0 Å². The second-order valence-corrected chi connectivity index (χ2v) is 5.80. The summed E-state index contributed by atoms with van der Waals surface area (Å²) < 4.78 is 29.1. The van der Waals surface area contributed by atoms with Gasteiger partial charge in [-0.1, -0.05) is 11.6 Å². The molecule has 27 heavy (non-hydrogen) atoms. The lowest BCUT2D eigenvalue weighted by molar-refractivity contribution is -0.145. The van der Waals surface area contributed by atoms with Gasteiger partial charge < -0.3 is 13.9 Å². The number of hydrogen-bond donors (Lipinski definition) is 0. The van der Waals surface area contributed by atoms with Gasteiger partial charge in [0.2, 0.25) is 5.89 Å². The minimum Gasteiger partial charge on any atom is -0.490 e. The van der Waals surface area contributed by atoms with Crippen molar-refractivity contribution in [2.24, 2.45) is 0 Å². The molecule has 2 aromatic carbocycles. The lowest BCUT2D eigenvalue weighted by Gasteiger charge is -2.07. The van der Waals surface area contributed by atoms with E-state index in [0.717, 1.165) is 4.68 Å². The molecule has 1 heterocycles. The van der Waals surface area contributed by atoms with Gasteiger partial charge in [0.05, 0.1) is 0 Å². The number of aromatic nitrogens is 2. The van der Waals surface area contributed by atoms with Gasteiger partial charge in [-0.3, -0.25) is 4.79 Å². The van der Waals surface area contributed by atoms with E-state index in [9.17, 15) is 14.0 Å². The normalized spacial score (nSPS) is 10.6. The largest absolute Gasteiger partial charge is 0.490 e. The van der Waals surface area contributed by atoms with Crippen molar-refractivity contribution in [3.8, 4) is 17.2 Å². The third-order valence-electron chi connectivity index (χ3n) is 3.41. The first kappa shape index (κ1) is 18.7. The maximum Gasteiger partial charge on any atom is 0.437 e. The zero-order valence-electron chi connectivity index (χ0n) is 13.9. The fraction of sp³-hybridized carbons (Fsp3) is 0.167. The van der Waals surface area contributed by atoms with Crippen LogP contribution in [0.25, 0.3) is 11.5 Å². The molecule has 0 unspecified atom stereocenters. The first-order valence-electron chi connectivity index (χ1n) is 7.89. The summed E-state index contributed by atoms with van der Waals surface area (Å²) in [6, 6.07) is 12.0. The quantitative estimate of drug-likeness (QED) is 0.454. The number of nitrogens with zero attached hydrogens (tertiary/aromatic N) is 2. The van der Waals surface area contributed by atoms with Gasteiger partial charge in [-0.25, -0.2) is 9.18 Å². The van der Waals surface area contributed by atoms with Gasteiger partial charge in [0.15, 0.2) is 0 Å². The lowest BCUT2D eigenvalue weighted by atomic mass is 10.2. The Bertz CT molecular complexity index is 967. The van der Waals surface area contributed by atoms with Crippen LogP contribution in [0.15, 0.2) is 57.7 Å². The molecule has 0 fully saturated rings. The Morgan fingerprint density at radius 2 is 1.81 bits per heavy atom. The van der Waals surface area contributed by atoms with E-state index in [1.807, 2.05) is 0 Å². The van der Waals surface area contributed by atoms with Gasteiger partial charge in [0.1, 0.15) is 31.3 Å². The van der Waals surface area contributed by atoms with Crippen LogP contribution in [0.2, 0.25) is 5.02 Å². The standard InChI is InChI=1S/C18H14ClFN2O5/c19-13-3-7-15(8-4-13)25-9-10-26-16(23)11-22-18(24)27-17(21-22)12-1-5-14(20)6-2-12/h1-8H,9-11H2. The Kier molecular flexibility index (Phi) is 5.87. The molecule has 0 atom stereocenters. The van der Waals surface area contributed by atoms with E-state index in [1.54, 1.807) is 24.3 Å². The number of esters is 1. The summed E-state index contributed by atoms with van der Waals surface area (Å²) in [5, 5.41) is 4.49. The molecule has 0 radical (unpaired) electrons. The molecule has 0 aliphatic heterocycles. The zero-order chi connectivity index (χ0) is 19.2. The Morgan fingerprint density at radius 1 is 1.11 bits per heavy atom. The monoisotopic (exact) mass is 392 g/mol. The summed E-state index contributed by atoms with van der Waals surface area (Å²) in [6.45, 7) is -0.273. The molecule has 9 heteroatoms. The number of hydrogen-bond acceptors (Lipinski definition) is 6. The molecule has 0 aliphatic rings. The Balaban J connectivity index is 1.50. The molecule has 7 nitrogen and oxygen atoms in total. The number of halogens is 2. The van der Waals surface area contributed by atoms with E-state index in [4.69, 9.17) is 25.5 Å². The van der Waals surface area contributed by atoms with Crippen LogP contribution in [0.4, 0.5) is 4.39 Å². The van der Waals surface area contributed by atoms with E-state index in [-0.39, 0.29) is 19.1 Å². The van der Waals surface area contributed by atoms with Crippen molar-refractivity contribution in [2.75, 3.05) is 13.2 Å². The van der Waals surface area contributed by atoms with E-state index in [1.165, 1.54) is 24.3 Å². The number of rotatable bonds is 7. The van der Waals surface area contributed by atoms with Crippen molar-refractivity contribution >= 4 is 17.6 Å². The highest BCUT2D eigenvalue weighted by Gasteiger charge is 2.14. The van der Waals surface area contributed by atoms with E-state index in [0.29, 0.717) is 16.3 Å². The third kappa shape index (κ3) is 5.18. The van der Waals surface area contributed by atoms with Gasteiger partial charge in [0, 0.05) is 10.6 Å². The van der Waals surface area contributed by atoms with Crippen LogP contribution >= 0.6 is 11.6 Å². The van der Waals surface area contributed by atoms with E-state index in [2.05, 4.69) is 5.10 Å². The van der Waals surface area contributed by atoms with Crippen LogP contribution in [0.3, 0.4) is 0 Å². The minimum absolute atomic E-state index is 0.00111. The summed E-state index contributed by atoms with van der Waals surface area (Å²) in [4.78, 5) is 23.6. The third-order valence-corrected chi connectivity index (χ3v) is 3.66. The van der Waals surface area contributed by atoms with Crippen LogP contribution in [-0.2, 0) is 16.1 Å². The summed E-state index contributed by atoms with van der Waals surface area (Å²) in [5.74, 6) is -1.34. The molecule has 0 aliphatic carbocycles. The molecule has 0 amide bonds. The average Bonchev–Trinajstić information content (AvgIpc) is 3.01. The molecule has 140 valence electrons. The minimum atomic E-state index is -0.816. The predicted octanol–water partition coefficient (Wildman–Crippen LogP) is 2.92. The summed E-state index contributed by atoms with van der Waals surface area (Å²) in [5.41, 5.74) is 0.414. The predicted molar refractivity (Wildman–Crippen MR) is 94.1 cm³/mol. The first-order valence-corrected chi connectivity index (χ1v) is 8.27. The molecule has 1 aromatic heterocycles. The van der Waals surface area contributed by atoms with Crippen LogP contribution in [0.1, 0.15) is 0 Å². The Morgan fingerprint density at radius 3 is 2.52 bits per heavy atom. The maximum atomic E-state index is 12.9. The zero-order valence-corrected chi connectivity index (χ0v) is 14.7. The highest BCUT2D eigenvalue weighted by molar-refractivity contribution is 6.30. The molecule has 0 N–H and O–H groups in total. The van der Waals surface area contributed by atoms with Crippen molar-refractivity contribution < 1.29 is 23.1 Å². The lowest BCUT2D eigenvalue weighted by Crippen LogP contribution is -2.24. The molecule has 3 rings (SSSR count). The van der Waals surface area contributed by atoms with Gasteiger partial charge in [-0.2, -0.15) is 4.68 Å². The maximum absolute atomic E-state index is 12.9. The van der Waals surface area contributed by atoms with Crippen molar-refractivity contribution in [3.05, 3.63) is 69.9 Å². The molecule has 0 saturated heterocycles. The fourth-order valence-corrected chi connectivity index (χ4v) is 2.26. The van der Waals surface area contributed by atoms with Gasteiger partial charge >= 0.3 is 11.7 Å². The second kappa shape index (κ2) is 8.50. The van der Waals surface area contributed by atoms with Crippen molar-refractivity contribution in [2.45, 2.75) is 6.54 Å². The number of carbonyl (C=O) groups is 1. The van der Waals surface area contributed by atoms with Crippen LogP contribution < -0.4 is 10.5 Å². The summed E-state index contributed by atoms with van der Waals surface area (Å²) >= 11 is 5.77. The first-order chi connectivity index (χ1) is 13.0. The Hall–Kier alpha value is -3.13. The summed E-state index contributed by atoms with van der Waals surface area (Å²) in [6.07, 6.45) is 0. The van der Waals surface area contributed by atoms with Crippen molar-refractivity contribution in [3.63, 3.8) is 0 Å². The summed E-state index contributed by atoms with van der Waals surface area (Å²) in [7, 11) is 0. The topological polar surface area (TPSA) is 83.6 Å². The van der Waals surface area contributed by atoms with Gasteiger partial charge in [-0.15, -0.1) is 5.10 Å². The second-order valence-electron chi connectivity index (χ2n) is 5.36. The SMILES string of the molecule is O=C(Cn1nc(-c2ccc(F)cc2)oc1=O)OCCOc1ccc(Cl)cc1. The molecule has 0 bridgehead atoms. The average molecular weight is 393 g/mol. The van der Waals surface area contributed by atoms with Gasteiger partial charge in [0.25, 0.3) is 0 Å². The fourth-order valence-electron chi connectivity index (χ4n) is 2.13. The molecule has 0 spiro atoms. The molecule has 0 saturated carbocycles. The van der Waals surface area contributed by atoms with Crippen LogP contribution in [0.5, 0.6) is 5.75 Å². The van der Waals surface area contributed by atoms with Crippen molar-refractivity contribution in [1.82, 2.24) is 9.78 Å². The van der Waals surface area contributed by atoms with Crippen molar-refractivity contribution in [1.29, 1.82) is 0 Å². The van der Waals surface area contributed by atoms with Gasteiger partial charge in [-0.05, 0) is 48.5 Å². The number of carbonyl (C=O) groups excluding carboxylic acids is 1. The molecular formula is C18H14ClFN2O5. The molecule has 3 aromatic rings. The number of benzene rings is 2. The van der Waals surface area contributed by atoms with E-state index < -0.39 is 24.1 Å². The van der Waals surface area contributed by atoms with E-state index >= 15 is 0 Å². The molecular weight excluding hydrogens is 379 g/mol. The smallest absolute Gasteiger partial charge is 0.437 e. The highest BCUT2D eigenvalue weighted by atomic mass is 35.5. The Labute approximate surface area is 157 Å². The van der Waals surface area contributed by atoms with Crippen LogP contribution in [0, 0.1) is 5.82 Å². The number of ether oxygens (including phenoxy) is 2.